The SMILES string of the molecule is CC(C#N)C1(O)CCCCC1. The van der Waals surface area contributed by atoms with Crippen LogP contribution in [0.2, 0.25) is 0 Å². The third-order valence-electron chi connectivity index (χ3n) is 2.72. The lowest BCUT2D eigenvalue weighted by atomic mass is 9.77. The second kappa shape index (κ2) is 3.23. The molecular formula is C9H15NO. The van der Waals surface area contributed by atoms with Gasteiger partial charge >= 0.3 is 0 Å². The largest absolute Gasteiger partial charge is 0.389 e. The van der Waals surface area contributed by atoms with Crippen molar-refractivity contribution in [3.05, 3.63) is 0 Å². The molecule has 0 spiro atoms. The number of hydrogen-bond acceptors (Lipinski definition) is 2. The van der Waals surface area contributed by atoms with Crippen LogP contribution in [0.4, 0.5) is 0 Å². The Bertz CT molecular complexity index is 165. The zero-order valence-electron chi connectivity index (χ0n) is 7.01. The Kier molecular flexibility index (Phi) is 2.51. The zero-order chi connectivity index (χ0) is 8.32. The van der Waals surface area contributed by atoms with Crippen molar-refractivity contribution in [3.8, 4) is 6.07 Å². The lowest BCUT2D eigenvalue weighted by Crippen LogP contribution is -2.37. The fraction of sp³-hybridized carbons (Fsp3) is 0.889. The van der Waals surface area contributed by atoms with E-state index in [9.17, 15) is 5.11 Å². The third kappa shape index (κ3) is 1.72. The Labute approximate surface area is 67.8 Å². The highest BCUT2D eigenvalue weighted by Crippen LogP contribution is 2.33. The Morgan fingerprint density at radius 3 is 2.36 bits per heavy atom. The van der Waals surface area contributed by atoms with E-state index in [1.54, 1.807) is 0 Å². The highest BCUT2D eigenvalue weighted by Gasteiger charge is 2.34. The maximum Gasteiger partial charge on any atom is 0.0802 e. The molecule has 0 radical (unpaired) electrons. The van der Waals surface area contributed by atoms with E-state index >= 15 is 0 Å². The quantitative estimate of drug-likeness (QED) is 0.624. The van der Waals surface area contributed by atoms with Crippen LogP contribution in [0.3, 0.4) is 0 Å². The summed E-state index contributed by atoms with van der Waals surface area (Å²) in [5.74, 6) is -0.206. The predicted octanol–water partition coefficient (Wildman–Crippen LogP) is 1.84. The number of rotatable bonds is 1. The molecule has 1 aliphatic rings. The molecule has 0 aromatic heterocycles. The molecule has 0 aromatic carbocycles. The summed E-state index contributed by atoms with van der Waals surface area (Å²) in [7, 11) is 0. The van der Waals surface area contributed by atoms with Crippen molar-refractivity contribution in [2.24, 2.45) is 5.92 Å². The predicted molar refractivity (Wildman–Crippen MR) is 42.8 cm³/mol. The minimum Gasteiger partial charge on any atom is -0.389 e. The first kappa shape index (κ1) is 8.55. The van der Waals surface area contributed by atoms with E-state index < -0.39 is 5.60 Å². The maximum absolute atomic E-state index is 9.92. The van der Waals surface area contributed by atoms with Gasteiger partial charge in [-0.05, 0) is 19.8 Å². The van der Waals surface area contributed by atoms with Gasteiger partial charge in [0.2, 0.25) is 0 Å². The highest BCUT2D eigenvalue weighted by molar-refractivity contribution is 4.97. The van der Waals surface area contributed by atoms with E-state index in [2.05, 4.69) is 6.07 Å². The van der Waals surface area contributed by atoms with Crippen molar-refractivity contribution in [3.63, 3.8) is 0 Å². The summed E-state index contributed by atoms with van der Waals surface area (Å²) in [6, 6.07) is 2.13. The summed E-state index contributed by atoms with van der Waals surface area (Å²) >= 11 is 0. The first-order chi connectivity index (χ1) is 5.19. The fourth-order valence-electron chi connectivity index (χ4n) is 1.72. The molecule has 1 saturated carbocycles. The number of aliphatic hydroxyl groups is 1. The van der Waals surface area contributed by atoms with Gasteiger partial charge in [0.25, 0.3) is 0 Å². The molecule has 0 bridgehead atoms. The number of hydrogen-bond donors (Lipinski definition) is 1. The van der Waals surface area contributed by atoms with Crippen LogP contribution in [0.1, 0.15) is 39.0 Å². The van der Waals surface area contributed by atoms with Gasteiger partial charge in [0.05, 0.1) is 17.6 Å². The summed E-state index contributed by atoms with van der Waals surface area (Å²) in [5, 5.41) is 18.6. The van der Waals surface area contributed by atoms with E-state index in [4.69, 9.17) is 5.26 Å². The van der Waals surface area contributed by atoms with E-state index in [1.807, 2.05) is 6.92 Å². The van der Waals surface area contributed by atoms with Crippen LogP contribution >= 0.6 is 0 Å². The smallest absolute Gasteiger partial charge is 0.0802 e. The van der Waals surface area contributed by atoms with Crippen molar-refractivity contribution < 1.29 is 5.11 Å². The van der Waals surface area contributed by atoms with Crippen LogP contribution < -0.4 is 0 Å². The van der Waals surface area contributed by atoms with E-state index in [0.717, 1.165) is 25.7 Å². The first-order valence-corrected chi connectivity index (χ1v) is 4.31. The zero-order valence-corrected chi connectivity index (χ0v) is 7.01. The number of nitriles is 1. The molecule has 1 rings (SSSR count). The minimum atomic E-state index is -0.674. The van der Waals surface area contributed by atoms with Crippen LogP contribution in [0, 0.1) is 17.2 Å². The molecule has 1 fully saturated rings. The molecule has 1 atom stereocenters. The van der Waals surface area contributed by atoms with Gasteiger partial charge in [-0.3, -0.25) is 0 Å². The molecule has 1 aliphatic carbocycles. The van der Waals surface area contributed by atoms with Crippen LogP contribution in [-0.4, -0.2) is 10.7 Å². The van der Waals surface area contributed by atoms with Crippen LogP contribution in [0.25, 0.3) is 0 Å². The second-order valence-electron chi connectivity index (χ2n) is 3.52. The van der Waals surface area contributed by atoms with Crippen molar-refractivity contribution >= 4 is 0 Å². The van der Waals surface area contributed by atoms with E-state index in [-0.39, 0.29) is 5.92 Å². The van der Waals surface area contributed by atoms with Gasteiger partial charge in [-0.2, -0.15) is 5.26 Å². The van der Waals surface area contributed by atoms with Crippen molar-refractivity contribution in [1.82, 2.24) is 0 Å². The van der Waals surface area contributed by atoms with Crippen LogP contribution in [0.15, 0.2) is 0 Å². The molecule has 2 nitrogen and oxygen atoms in total. The van der Waals surface area contributed by atoms with Crippen molar-refractivity contribution in [2.75, 3.05) is 0 Å². The summed E-state index contributed by atoms with van der Waals surface area (Å²) < 4.78 is 0. The monoisotopic (exact) mass is 153 g/mol. The first-order valence-electron chi connectivity index (χ1n) is 4.31. The average Bonchev–Trinajstić information content (AvgIpc) is 2.04. The van der Waals surface area contributed by atoms with E-state index in [1.165, 1.54) is 6.42 Å². The van der Waals surface area contributed by atoms with Gasteiger partial charge in [0.1, 0.15) is 0 Å². The second-order valence-corrected chi connectivity index (χ2v) is 3.52. The topological polar surface area (TPSA) is 44.0 Å². The van der Waals surface area contributed by atoms with Crippen LogP contribution in [-0.2, 0) is 0 Å². The van der Waals surface area contributed by atoms with Gasteiger partial charge in [0.15, 0.2) is 0 Å². The van der Waals surface area contributed by atoms with Gasteiger partial charge in [-0.15, -0.1) is 0 Å². The van der Waals surface area contributed by atoms with Gasteiger partial charge in [0, 0.05) is 0 Å². The molecular weight excluding hydrogens is 138 g/mol. The fourth-order valence-corrected chi connectivity index (χ4v) is 1.72. The van der Waals surface area contributed by atoms with E-state index in [0.29, 0.717) is 0 Å². The Morgan fingerprint density at radius 2 is 1.91 bits per heavy atom. The maximum atomic E-state index is 9.92. The lowest BCUT2D eigenvalue weighted by molar-refractivity contribution is -0.0249. The molecule has 0 amide bonds. The molecule has 11 heavy (non-hydrogen) atoms. The standard InChI is InChI=1S/C9H15NO/c1-8(7-10)9(11)5-3-2-4-6-9/h8,11H,2-6H2,1H3. The molecule has 1 N–H and O–H groups in total. The summed E-state index contributed by atoms with van der Waals surface area (Å²) in [6.07, 6.45) is 4.97. The summed E-state index contributed by atoms with van der Waals surface area (Å²) in [5.41, 5.74) is -0.674. The summed E-state index contributed by atoms with van der Waals surface area (Å²) in [4.78, 5) is 0. The van der Waals surface area contributed by atoms with Gasteiger partial charge in [-0.25, -0.2) is 0 Å². The Balaban J connectivity index is 2.57. The van der Waals surface area contributed by atoms with Gasteiger partial charge in [-0.1, -0.05) is 19.3 Å². The molecule has 62 valence electrons. The normalized spacial score (nSPS) is 25.5. The molecule has 1 unspecified atom stereocenters. The lowest BCUT2D eigenvalue weighted by Gasteiger charge is -2.33. The average molecular weight is 153 g/mol. The molecule has 2 heteroatoms. The Hall–Kier alpha value is -0.550. The van der Waals surface area contributed by atoms with Crippen LogP contribution in [0.5, 0.6) is 0 Å². The molecule has 0 aliphatic heterocycles. The Morgan fingerprint density at radius 1 is 1.36 bits per heavy atom. The van der Waals surface area contributed by atoms with Crippen molar-refractivity contribution in [2.45, 2.75) is 44.6 Å². The molecule has 0 heterocycles. The molecule has 0 saturated heterocycles. The third-order valence-corrected chi connectivity index (χ3v) is 2.72. The highest BCUT2D eigenvalue weighted by atomic mass is 16.3. The number of nitrogens with zero attached hydrogens (tertiary/aromatic N) is 1. The summed E-state index contributed by atoms with van der Waals surface area (Å²) in [6.45, 7) is 1.81. The van der Waals surface area contributed by atoms with Crippen molar-refractivity contribution in [1.29, 1.82) is 5.26 Å². The van der Waals surface area contributed by atoms with Gasteiger partial charge < -0.3 is 5.11 Å². The molecule has 0 aromatic rings. The minimum absolute atomic E-state index is 0.206.